The number of carbonyl (C=O) groups is 1. The minimum Gasteiger partial charge on any atom is -0.480 e. The Balaban J connectivity index is 2.23. The van der Waals surface area contributed by atoms with Crippen molar-refractivity contribution in [1.29, 1.82) is 0 Å². The van der Waals surface area contributed by atoms with Crippen LogP contribution in [0.25, 0.3) is 0 Å². The van der Waals surface area contributed by atoms with Gasteiger partial charge in [-0.3, -0.25) is 4.79 Å². The predicted octanol–water partition coefficient (Wildman–Crippen LogP) is 2.81. The van der Waals surface area contributed by atoms with Gasteiger partial charge in [-0.1, -0.05) is 27.7 Å². The zero-order valence-electron chi connectivity index (χ0n) is 12.7. The van der Waals surface area contributed by atoms with Gasteiger partial charge in [-0.2, -0.15) is 0 Å². The Bertz CT molecular complexity index is 279. The van der Waals surface area contributed by atoms with Crippen molar-refractivity contribution in [2.75, 3.05) is 6.61 Å². The van der Waals surface area contributed by atoms with Gasteiger partial charge < -0.3 is 15.2 Å². The minimum absolute atomic E-state index is 0.177. The summed E-state index contributed by atoms with van der Waals surface area (Å²) in [5.74, 6) is -0.790. The number of rotatable bonds is 7. The molecule has 4 heteroatoms. The van der Waals surface area contributed by atoms with Gasteiger partial charge in [0, 0.05) is 12.6 Å². The Labute approximate surface area is 116 Å². The van der Waals surface area contributed by atoms with Crippen molar-refractivity contribution in [3.05, 3.63) is 0 Å². The van der Waals surface area contributed by atoms with E-state index >= 15 is 0 Å². The van der Waals surface area contributed by atoms with Crippen LogP contribution in [0.2, 0.25) is 0 Å². The summed E-state index contributed by atoms with van der Waals surface area (Å²) >= 11 is 0. The molecule has 2 N–H and O–H groups in total. The Morgan fingerprint density at radius 1 is 1.37 bits per heavy atom. The highest BCUT2D eigenvalue weighted by atomic mass is 16.5. The van der Waals surface area contributed by atoms with Crippen LogP contribution in [0.1, 0.15) is 59.8 Å². The lowest BCUT2D eigenvalue weighted by molar-refractivity contribution is -0.140. The third kappa shape index (κ3) is 6.39. The first-order valence-electron chi connectivity index (χ1n) is 7.40. The van der Waals surface area contributed by atoms with E-state index < -0.39 is 12.0 Å². The van der Waals surface area contributed by atoms with Gasteiger partial charge in [-0.05, 0) is 37.5 Å². The summed E-state index contributed by atoms with van der Waals surface area (Å²) in [5.41, 5.74) is 0.447. The molecule has 1 saturated carbocycles. The van der Waals surface area contributed by atoms with Crippen LogP contribution < -0.4 is 5.32 Å². The van der Waals surface area contributed by atoms with Crippen LogP contribution in [0.5, 0.6) is 0 Å². The number of nitrogens with one attached hydrogen (secondary N) is 1. The molecule has 0 aromatic rings. The molecule has 1 atom stereocenters. The molecule has 0 spiro atoms. The molecule has 0 radical (unpaired) electrons. The lowest BCUT2D eigenvalue weighted by Crippen LogP contribution is -2.41. The molecule has 0 saturated heterocycles. The van der Waals surface area contributed by atoms with E-state index in [1.807, 2.05) is 13.8 Å². The lowest BCUT2D eigenvalue weighted by atomic mass is 9.76. The summed E-state index contributed by atoms with van der Waals surface area (Å²) in [5, 5.41) is 12.2. The molecule has 0 aromatic carbocycles. The molecular weight excluding hydrogens is 242 g/mol. The van der Waals surface area contributed by atoms with E-state index in [-0.39, 0.29) is 6.04 Å². The van der Waals surface area contributed by atoms with Crippen molar-refractivity contribution in [3.8, 4) is 0 Å². The largest absolute Gasteiger partial charge is 0.480 e. The molecule has 0 heterocycles. The second-order valence-electron chi connectivity index (χ2n) is 6.74. The molecule has 1 rings (SSSR count). The fourth-order valence-electron chi connectivity index (χ4n) is 2.57. The molecule has 112 valence electrons. The van der Waals surface area contributed by atoms with Gasteiger partial charge in [-0.15, -0.1) is 0 Å². The Morgan fingerprint density at radius 3 is 2.42 bits per heavy atom. The zero-order valence-corrected chi connectivity index (χ0v) is 12.7. The van der Waals surface area contributed by atoms with Crippen LogP contribution in [0.4, 0.5) is 0 Å². The maximum Gasteiger partial charge on any atom is 0.320 e. The monoisotopic (exact) mass is 271 g/mol. The quantitative estimate of drug-likeness (QED) is 0.747. The van der Waals surface area contributed by atoms with E-state index in [1.54, 1.807) is 0 Å². The zero-order chi connectivity index (χ0) is 14.5. The minimum atomic E-state index is -0.790. The molecule has 1 aliphatic carbocycles. The third-order valence-corrected chi connectivity index (χ3v) is 3.88. The molecule has 19 heavy (non-hydrogen) atoms. The van der Waals surface area contributed by atoms with E-state index in [4.69, 9.17) is 9.84 Å². The highest BCUT2D eigenvalue weighted by Crippen LogP contribution is 2.36. The molecule has 0 bridgehead atoms. The average molecular weight is 271 g/mol. The third-order valence-electron chi connectivity index (χ3n) is 3.88. The normalized spacial score (nSPS) is 21.5. The van der Waals surface area contributed by atoms with Crippen molar-refractivity contribution in [1.82, 2.24) is 5.32 Å². The number of carboxylic acid groups (broad SMARTS) is 1. The van der Waals surface area contributed by atoms with Gasteiger partial charge in [0.2, 0.25) is 0 Å². The van der Waals surface area contributed by atoms with Crippen molar-refractivity contribution in [2.45, 2.75) is 78.0 Å². The lowest BCUT2D eigenvalue weighted by Gasteiger charge is -2.34. The molecule has 1 unspecified atom stereocenters. The number of ether oxygens (including phenoxy) is 1. The molecule has 0 aromatic heterocycles. The van der Waals surface area contributed by atoms with Crippen LogP contribution in [0.15, 0.2) is 0 Å². The number of aliphatic carboxylic acids is 1. The first-order chi connectivity index (χ1) is 8.80. The van der Waals surface area contributed by atoms with Gasteiger partial charge in [-0.25, -0.2) is 0 Å². The highest BCUT2D eigenvalue weighted by Gasteiger charge is 2.27. The first kappa shape index (κ1) is 16.4. The van der Waals surface area contributed by atoms with Crippen LogP contribution in [-0.4, -0.2) is 35.9 Å². The van der Waals surface area contributed by atoms with Gasteiger partial charge in [0.05, 0.1) is 6.10 Å². The standard InChI is InChI=1S/C15H29NO3/c1-11(2)16-13(14(17)18)7-10-19-12-5-8-15(3,4)9-6-12/h11-13,16H,5-10H2,1-4H3,(H,17,18). The van der Waals surface area contributed by atoms with E-state index in [0.29, 0.717) is 24.5 Å². The Hall–Kier alpha value is -0.610. The number of carboxylic acids is 1. The van der Waals surface area contributed by atoms with Gasteiger partial charge in [0.1, 0.15) is 6.04 Å². The molecule has 0 amide bonds. The topological polar surface area (TPSA) is 58.6 Å². The smallest absolute Gasteiger partial charge is 0.320 e. The summed E-state index contributed by atoms with van der Waals surface area (Å²) in [6, 6.07) is -0.323. The molecule has 1 aliphatic rings. The van der Waals surface area contributed by atoms with Crippen LogP contribution in [0.3, 0.4) is 0 Å². The molecule has 4 nitrogen and oxygen atoms in total. The van der Waals surface area contributed by atoms with E-state index in [1.165, 1.54) is 12.8 Å². The SMILES string of the molecule is CC(C)NC(CCOC1CCC(C)(C)CC1)C(=O)O. The average Bonchev–Trinajstić information content (AvgIpc) is 2.29. The maximum atomic E-state index is 11.1. The second-order valence-corrected chi connectivity index (χ2v) is 6.74. The van der Waals surface area contributed by atoms with Gasteiger partial charge in [0.25, 0.3) is 0 Å². The van der Waals surface area contributed by atoms with Crippen molar-refractivity contribution in [3.63, 3.8) is 0 Å². The summed E-state index contributed by atoms with van der Waals surface area (Å²) in [7, 11) is 0. The Kier molecular flexibility index (Phi) is 6.27. The first-order valence-corrected chi connectivity index (χ1v) is 7.40. The van der Waals surface area contributed by atoms with Crippen molar-refractivity contribution in [2.24, 2.45) is 5.41 Å². The Morgan fingerprint density at radius 2 is 1.95 bits per heavy atom. The fraction of sp³-hybridized carbons (Fsp3) is 0.933. The summed E-state index contributed by atoms with van der Waals surface area (Å²) in [6.45, 7) is 9.05. The fourth-order valence-corrected chi connectivity index (χ4v) is 2.57. The van der Waals surface area contributed by atoms with E-state index in [0.717, 1.165) is 12.8 Å². The predicted molar refractivity (Wildman–Crippen MR) is 76.3 cm³/mol. The van der Waals surface area contributed by atoms with Gasteiger partial charge >= 0.3 is 5.97 Å². The summed E-state index contributed by atoms with van der Waals surface area (Å²) < 4.78 is 5.84. The van der Waals surface area contributed by atoms with Crippen LogP contribution >= 0.6 is 0 Å². The number of hydrogen-bond acceptors (Lipinski definition) is 3. The summed E-state index contributed by atoms with van der Waals surface area (Å²) in [4.78, 5) is 11.1. The van der Waals surface area contributed by atoms with Crippen molar-refractivity contribution < 1.29 is 14.6 Å². The van der Waals surface area contributed by atoms with Gasteiger partial charge in [0.15, 0.2) is 0 Å². The van der Waals surface area contributed by atoms with Crippen LogP contribution in [0, 0.1) is 5.41 Å². The van der Waals surface area contributed by atoms with E-state index in [2.05, 4.69) is 19.2 Å². The highest BCUT2D eigenvalue weighted by molar-refractivity contribution is 5.73. The van der Waals surface area contributed by atoms with Crippen LogP contribution in [-0.2, 0) is 9.53 Å². The second kappa shape index (κ2) is 7.25. The molecular formula is C15H29NO3. The molecule has 0 aliphatic heterocycles. The number of hydrogen-bond donors (Lipinski definition) is 2. The van der Waals surface area contributed by atoms with E-state index in [9.17, 15) is 4.79 Å². The molecule has 1 fully saturated rings. The summed E-state index contributed by atoms with van der Waals surface area (Å²) in [6.07, 6.45) is 5.45. The maximum absolute atomic E-state index is 11.1. The van der Waals surface area contributed by atoms with Crippen molar-refractivity contribution >= 4 is 5.97 Å².